The van der Waals surface area contributed by atoms with Crippen LogP contribution in [0.3, 0.4) is 0 Å². The molecule has 2 aliphatic rings. The first-order chi connectivity index (χ1) is 18.7. The Balaban J connectivity index is 2.09. The lowest BCUT2D eigenvalue weighted by atomic mass is 9.98. The van der Waals surface area contributed by atoms with E-state index in [2.05, 4.69) is 0 Å². The summed E-state index contributed by atoms with van der Waals surface area (Å²) in [6.45, 7) is 3.74. The molecule has 1 unspecified atom stereocenters. The number of carbonyl (C=O) groups is 4. The molecule has 15 heteroatoms. The fourth-order valence-electron chi connectivity index (χ4n) is 4.70. The summed E-state index contributed by atoms with van der Waals surface area (Å²) in [4.78, 5) is 48.6. The van der Waals surface area contributed by atoms with Gasteiger partial charge in [-0.05, 0) is 26.4 Å². The molecule has 0 N–H and O–H groups in total. The van der Waals surface area contributed by atoms with Crippen molar-refractivity contribution in [2.75, 3.05) is 20.2 Å². The van der Waals surface area contributed by atoms with Crippen molar-refractivity contribution in [2.45, 2.75) is 77.3 Å². The highest BCUT2D eigenvalue weighted by Gasteiger charge is 2.54. The second-order valence-electron chi connectivity index (χ2n) is 9.32. The van der Waals surface area contributed by atoms with Gasteiger partial charge >= 0.3 is 23.9 Å². The van der Waals surface area contributed by atoms with Crippen LogP contribution >= 0.6 is 0 Å². The van der Waals surface area contributed by atoms with Gasteiger partial charge in [-0.3, -0.25) is 24.1 Å². The van der Waals surface area contributed by atoms with Gasteiger partial charge in [0.25, 0.3) is 0 Å². The molecule has 2 heterocycles. The summed E-state index contributed by atoms with van der Waals surface area (Å²) in [6.07, 6.45) is -7.98. The van der Waals surface area contributed by atoms with Crippen LogP contribution in [-0.2, 0) is 42.9 Å². The van der Waals surface area contributed by atoms with Gasteiger partial charge < -0.3 is 28.4 Å². The number of esters is 4. The summed E-state index contributed by atoms with van der Waals surface area (Å²) in [5, 5.41) is 0. The number of hydrogen-bond acceptors (Lipinski definition) is 11. The molecule has 2 fully saturated rings. The minimum absolute atomic E-state index is 0.253. The van der Waals surface area contributed by atoms with Crippen molar-refractivity contribution in [1.82, 2.24) is 4.90 Å². The molecular formula is C25H29F4NO10. The van der Waals surface area contributed by atoms with Gasteiger partial charge in [0.2, 0.25) is 24.0 Å². The average Bonchev–Trinajstić information content (AvgIpc) is 3.27. The molecule has 3 rings (SSSR count). The number of rotatable bonds is 8. The zero-order chi connectivity index (χ0) is 29.9. The van der Waals surface area contributed by atoms with Crippen LogP contribution < -0.4 is 4.74 Å². The largest absolute Gasteiger partial charge is 0.463 e. The molecule has 0 spiro atoms. The topological polar surface area (TPSA) is 127 Å². The Bertz CT molecular complexity index is 1140. The van der Waals surface area contributed by atoms with Crippen LogP contribution in [0, 0.1) is 23.3 Å². The third kappa shape index (κ3) is 6.81. The molecule has 0 bridgehead atoms. The smallest absolute Gasteiger partial charge is 0.303 e. The van der Waals surface area contributed by atoms with Gasteiger partial charge in [-0.25, -0.2) is 8.78 Å². The molecule has 2 aliphatic heterocycles. The Kier molecular flexibility index (Phi) is 9.95. The van der Waals surface area contributed by atoms with Crippen LogP contribution in [0.4, 0.5) is 17.6 Å². The molecular weight excluding hydrogens is 550 g/mol. The maximum atomic E-state index is 15.2. The first kappa shape index (κ1) is 31.1. The predicted molar refractivity (Wildman–Crippen MR) is 123 cm³/mol. The highest BCUT2D eigenvalue weighted by Crippen LogP contribution is 2.40. The molecule has 40 heavy (non-hydrogen) atoms. The zero-order valence-electron chi connectivity index (χ0n) is 22.3. The summed E-state index contributed by atoms with van der Waals surface area (Å²) < 4.78 is 91.9. The minimum Gasteiger partial charge on any atom is -0.463 e. The Labute approximate surface area is 226 Å². The van der Waals surface area contributed by atoms with Crippen molar-refractivity contribution in [3.05, 3.63) is 28.8 Å². The Hall–Kier alpha value is -3.46. The van der Waals surface area contributed by atoms with Crippen molar-refractivity contribution in [2.24, 2.45) is 0 Å². The van der Waals surface area contributed by atoms with Crippen molar-refractivity contribution in [3.8, 4) is 5.75 Å². The Morgan fingerprint density at radius 2 is 1.32 bits per heavy atom. The maximum absolute atomic E-state index is 15.2. The SMILES string of the molecule is CC(=O)OC[C@H]1O[C@@H](Oc2c(F)c(F)c(C3CCCN3C)c(F)c2F)[C@H](OC(C)=O)[C@@H](OC(C)=O)[C@H]1OC(C)=O. The average molecular weight is 579 g/mol. The first-order valence-electron chi connectivity index (χ1n) is 12.3. The number of ether oxygens (including phenoxy) is 6. The molecule has 1 aromatic rings. The maximum Gasteiger partial charge on any atom is 0.303 e. The fraction of sp³-hybridized carbons (Fsp3) is 0.600. The van der Waals surface area contributed by atoms with Gasteiger partial charge in [0.15, 0.2) is 29.6 Å². The summed E-state index contributed by atoms with van der Waals surface area (Å²) in [7, 11) is 1.55. The van der Waals surface area contributed by atoms with Crippen molar-refractivity contribution in [1.29, 1.82) is 0 Å². The van der Waals surface area contributed by atoms with E-state index in [4.69, 9.17) is 28.4 Å². The van der Waals surface area contributed by atoms with E-state index >= 15 is 17.6 Å². The molecule has 6 atom stereocenters. The third-order valence-electron chi connectivity index (χ3n) is 6.29. The molecule has 0 amide bonds. The van der Waals surface area contributed by atoms with E-state index in [1.165, 1.54) is 0 Å². The monoisotopic (exact) mass is 579 g/mol. The van der Waals surface area contributed by atoms with Crippen LogP contribution in [0.5, 0.6) is 5.75 Å². The van der Waals surface area contributed by atoms with E-state index in [-0.39, 0.29) is 6.42 Å². The molecule has 2 saturated heterocycles. The van der Waals surface area contributed by atoms with Crippen molar-refractivity contribution >= 4 is 23.9 Å². The quantitative estimate of drug-likeness (QED) is 0.195. The standard InChI is InChI=1S/C25H29F4NO10/c1-10(31)35-9-15-21(36-11(2)32)23(37-12(3)33)24(38-13(4)34)25(39-15)40-22-19(28)17(26)16(18(27)20(22)29)14-7-6-8-30(14)5/h14-15,21,23-25H,6-9H2,1-5H3/t14?,15-,21+,23+,24-,25+/m1/s1. The van der Waals surface area contributed by atoms with Gasteiger partial charge in [0.1, 0.15) is 12.7 Å². The predicted octanol–water partition coefficient (Wildman–Crippen LogP) is 2.47. The lowest BCUT2D eigenvalue weighted by Gasteiger charge is -2.43. The van der Waals surface area contributed by atoms with E-state index < -0.39 is 102 Å². The second kappa shape index (κ2) is 12.8. The van der Waals surface area contributed by atoms with Crippen LogP contribution in [0.1, 0.15) is 52.1 Å². The molecule has 0 aliphatic carbocycles. The van der Waals surface area contributed by atoms with Gasteiger partial charge in [-0.1, -0.05) is 0 Å². The fourth-order valence-corrected chi connectivity index (χ4v) is 4.70. The zero-order valence-corrected chi connectivity index (χ0v) is 22.3. The van der Waals surface area contributed by atoms with Crippen molar-refractivity contribution in [3.63, 3.8) is 0 Å². The summed E-state index contributed by atoms with van der Waals surface area (Å²) in [5.74, 6) is -12.4. The summed E-state index contributed by atoms with van der Waals surface area (Å²) in [5.41, 5.74) is -0.816. The third-order valence-corrected chi connectivity index (χ3v) is 6.29. The molecule has 0 saturated carbocycles. The van der Waals surface area contributed by atoms with Crippen LogP contribution in [0.25, 0.3) is 0 Å². The van der Waals surface area contributed by atoms with Gasteiger partial charge in [-0.2, -0.15) is 8.78 Å². The molecule has 0 radical (unpaired) electrons. The number of hydrogen-bond donors (Lipinski definition) is 0. The Morgan fingerprint density at radius 1 is 0.800 bits per heavy atom. The van der Waals surface area contributed by atoms with Crippen LogP contribution in [-0.4, -0.2) is 79.7 Å². The second-order valence-corrected chi connectivity index (χ2v) is 9.32. The molecule has 0 aromatic heterocycles. The summed E-state index contributed by atoms with van der Waals surface area (Å²) >= 11 is 0. The van der Waals surface area contributed by atoms with Crippen molar-refractivity contribution < 1.29 is 65.2 Å². The summed E-state index contributed by atoms with van der Waals surface area (Å²) in [6, 6.07) is -0.927. The molecule has 222 valence electrons. The van der Waals surface area contributed by atoms with E-state index in [1.807, 2.05) is 0 Å². The van der Waals surface area contributed by atoms with Crippen LogP contribution in [0.15, 0.2) is 0 Å². The van der Waals surface area contributed by atoms with E-state index in [0.29, 0.717) is 13.0 Å². The highest BCUT2D eigenvalue weighted by molar-refractivity contribution is 5.68. The van der Waals surface area contributed by atoms with E-state index in [1.54, 1.807) is 11.9 Å². The molecule has 11 nitrogen and oxygen atoms in total. The van der Waals surface area contributed by atoms with Gasteiger partial charge in [0, 0.05) is 39.3 Å². The lowest BCUT2D eigenvalue weighted by Crippen LogP contribution is -2.63. The number of benzene rings is 1. The van der Waals surface area contributed by atoms with E-state index in [0.717, 1.165) is 27.7 Å². The van der Waals surface area contributed by atoms with Gasteiger partial charge in [-0.15, -0.1) is 0 Å². The minimum atomic E-state index is -2.09. The number of carbonyl (C=O) groups excluding carboxylic acids is 4. The first-order valence-corrected chi connectivity index (χ1v) is 12.3. The number of halogens is 4. The van der Waals surface area contributed by atoms with Crippen LogP contribution in [0.2, 0.25) is 0 Å². The highest BCUT2D eigenvalue weighted by atomic mass is 19.2. The number of likely N-dealkylation sites (tertiary alicyclic amines) is 1. The Morgan fingerprint density at radius 3 is 1.80 bits per heavy atom. The van der Waals surface area contributed by atoms with E-state index in [9.17, 15) is 19.2 Å². The van der Waals surface area contributed by atoms with Gasteiger partial charge in [0.05, 0.1) is 0 Å². The lowest BCUT2D eigenvalue weighted by molar-refractivity contribution is -0.289. The molecule has 1 aromatic carbocycles. The number of nitrogens with zero attached hydrogens (tertiary/aromatic N) is 1. The normalized spacial score (nSPS) is 26.6.